The van der Waals surface area contributed by atoms with Crippen LogP contribution >= 0.6 is 0 Å². The van der Waals surface area contributed by atoms with Crippen LogP contribution in [-0.2, 0) is 19.6 Å². The highest BCUT2D eigenvalue weighted by molar-refractivity contribution is 6.01. The summed E-state index contributed by atoms with van der Waals surface area (Å²) in [6.07, 6.45) is 0.0526. The molecular weight excluding hydrogens is 544 g/mol. The van der Waals surface area contributed by atoms with E-state index in [1.165, 1.54) is 0 Å². The van der Waals surface area contributed by atoms with Gasteiger partial charge in [0, 0.05) is 18.7 Å². The summed E-state index contributed by atoms with van der Waals surface area (Å²) in [5.41, 5.74) is 4.30. The second kappa shape index (κ2) is 13.5. The normalized spacial score (nSPS) is 10.9. The highest BCUT2D eigenvalue weighted by Crippen LogP contribution is 2.44. The molecule has 0 unspecified atom stereocenters. The summed E-state index contributed by atoms with van der Waals surface area (Å²) in [7, 11) is 0. The van der Waals surface area contributed by atoms with Crippen LogP contribution in [0.5, 0.6) is 11.5 Å². The highest BCUT2D eigenvalue weighted by Gasteiger charge is 2.30. The van der Waals surface area contributed by atoms with Gasteiger partial charge in [-0.05, 0) is 35.6 Å². The lowest BCUT2D eigenvalue weighted by atomic mass is 9.95. The van der Waals surface area contributed by atoms with Gasteiger partial charge < -0.3 is 23.8 Å². The molecule has 2 heterocycles. The Bertz CT molecular complexity index is 1720. The average molecular weight is 577 g/mol. The number of benzene rings is 3. The van der Waals surface area contributed by atoms with Crippen molar-refractivity contribution in [2.75, 3.05) is 6.54 Å². The molecule has 0 fully saturated rings. The molecule has 5 rings (SSSR count). The molecule has 0 aliphatic heterocycles. The zero-order chi connectivity index (χ0) is 30.2. The minimum absolute atomic E-state index is 0.0426. The molecule has 0 atom stereocenters. The van der Waals surface area contributed by atoms with E-state index in [9.17, 15) is 4.79 Å². The van der Waals surface area contributed by atoms with Crippen molar-refractivity contribution in [2.45, 2.75) is 46.3 Å². The van der Waals surface area contributed by atoms with Gasteiger partial charge in [-0.1, -0.05) is 84.8 Å². The van der Waals surface area contributed by atoms with Crippen LogP contribution in [0.4, 0.5) is 0 Å². The molecule has 43 heavy (non-hydrogen) atoms. The molecule has 9 nitrogen and oxygen atoms in total. The van der Waals surface area contributed by atoms with E-state index >= 15 is 0 Å². The number of hydrogen-bond acceptors (Lipinski definition) is 8. The fraction of sp³-hybridized carbons (Fsp3) is 0.235. The first kappa shape index (κ1) is 29.1. The van der Waals surface area contributed by atoms with E-state index in [4.69, 9.17) is 23.8 Å². The molecule has 3 aromatic carbocycles. The number of nitrogens with one attached hydrogen (secondary N) is 1. The third-order valence-electron chi connectivity index (χ3n) is 6.76. The van der Waals surface area contributed by atoms with Crippen LogP contribution in [0.15, 0.2) is 87.9 Å². The van der Waals surface area contributed by atoms with E-state index < -0.39 is 5.91 Å². The first-order valence-electron chi connectivity index (χ1n) is 14.1. The van der Waals surface area contributed by atoms with E-state index in [-0.39, 0.29) is 36.2 Å². The van der Waals surface area contributed by atoms with Gasteiger partial charge in [-0.25, -0.2) is 0 Å². The van der Waals surface area contributed by atoms with Crippen molar-refractivity contribution < 1.29 is 23.3 Å². The van der Waals surface area contributed by atoms with E-state index in [2.05, 4.69) is 35.5 Å². The molecule has 5 aromatic rings. The Morgan fingerprint density at radius 2 is 1.56 bits per heavy atom. The predicted molar refractivity (Wildman–Crippen MR) is 160 cm³/mol. The van der Waals surface area contributed by atoms with Gasteiger partial charge in [0.05, 0.1) is 23.7 Å². The monoisotopic (exact) mass is 576 g/mol. The predicted octanol–water partition coefficient (Wildman–Crippen LogP) is 7.09. The maximum atomic E-state index is 13.1. The van der Waals surface area contributed by atoms with Crippen molar-refractivity contribution in [3.05, 3.63) is 107 Å². The number of carbonyl (C=O) groups is 1. The van der Waals surface area contributed by atoms with Crippen molar-refractivity contribution in [2.24, 2.45) is 0 Å². The summed E-state index contributed by atoms with van der Waals surface area (Å²) in [6, 6.07) is 27.2. The van der Waals surface area contributed by atoms with Crippen LogP contribution in [-0.4, -0.2) is 22.8 Å². The fourth-order valence-corrected chi connectivity index (χ4v) is 4.62. The number of nitriles is 1. The summed E-state index contributed by atoms with van der Waals surface area (Å²) in [5.74, 6) is 1.34. The average Bonchev–Trinajstić information content (AvgIpc) is 3.67. The van der Waals surface area contributed by atoms with Gasteiger partial charge in [0.25, 0.3) is 5.91 Å². The zero-order valence-corrected chi connectivity index (χ0v) is 24.3. The Labute approximate surface area is 250 Å². The first-order chi connectivity index (χ1) is 21.0. The molecule has 1 amide bonds. The van der Waals surface area contributed by atoms with Crippen LogP contribution in [0.25, 0.3) is 22.6 Å². The van der Waals surface area contributed by atoms with Gasteiger partial charge >= 0.3 is 0 Å². The number of ether oxygens (including phenoxy) is 2. The van der Waals surface area contributed by atoms with Gasteiger partial charge in [0.2, 0.25) is 0 Å². The molecule has 0 saturated heterocycles. The van der Waals surface area contributed by atoms with Gasteiger partial charge in [-0.3, -0.25) is 4.79 Å². The van der Waals surface area contributed by atoms with Crippen LogP contribution in [0, 0.1) is 11.3 Å². The van der Waals surface area contributed by atoms with Gasteiger partial charge in [-0.15, -0.1) is 0 Å². The largest absolute Gasteiger partial charge is 0.488 e. The van der Waals surface area contributed by atoms with Gasteiger partial charge in [0.15, 0.2) is 17.2 Å². The second-order valence-corrected chi connectivity index (χ2v) is 10.2. The first-order valence-corrected chi connectivity index (χ1v) is 14.1. The molecule has 0 radical (unpaired) electrons. The number of carbonyl (C=O) groups excluding carboxylic acids is 1. The molecule has 1 N–H and O–H groups in total. The molecule has 218 valence electrons. The quantitative estimate of drug-likeness (QED) is 0.167. The van der Waals surface area contributed by atoms with E-state index in [0.717, 1.165) is 16.7 Å². The number of hydrogen-bond donors (Lipinski definition) is 1. The lowest BCUT2D eigenvalue weighted by Gasteiger charge is -2.19. The Morgan fingerprint density at radius 1 is 0.907 bits per heavy atom. The SMILES string of the molecule is CCNC(=O)c1noc(-c2cc(C(C)C)c(OCc3ccccc3)cc2OCc2ccccc2)c1-c1cc(CC#N)no1. The van der Waals surface area contributed by atoms with Crippen molar-refractivity contribution in [1.82, 2.24) is 15.6 Å². The van der Waals surface area contributed by atoms with Crippen molar-refractivity contribution >= 4 is 5.91 Å². The summed E-state index contributed by atoms with van der Waals surface area (Å²) in [4.78, 5) is 13.1. The number of nitrogens with zero attached hydrogens (tertiary/aromatic N) is 3. The molecule has 0 saturated carbocycles. The minimum Gasteiger partial charge on any atom is -0.488 e. The maximum Gasteiger partial charge on any atom is 0.274 e. The topological polar surface area (TPSA) is 123 Å². The van der Waals surface area contributed by atoms with Crippen LogP contribution in [0.3, 0.4) is 0 Å². The summed E-state index contributed by atoms with van der Waals surface area (Å²) < 4.78 is 24.2. The number of amides is 1. The van der Waals surface area contributed by atoms with Crippen molar-refractivity contribution in [3.63, 3.8) is 0 Å². The van der Waals surface area contributed by atoms with Crippen molar-refractivity contribution in [1.29, 1.82) is 5.26 Å². The Hall–Kier alpha value is -5.36. The lowest BCUT2D eigenvalue weighted by molar-refractivity contribution is 0.0947. The minimum atomic E-state index is -0.426. The molecular formula is C34H32N4O5. The lowest BCUT2D eigenvalue weighted by Crippen LogP contribution is -2.23. The molecule has 0 aliphatic carbocycles. The second-order valence-electron chi connectivity index (χ2n) is 10.2. The standard InChI is InChI=1S/C34H32N4O5/c1-4-36-34(39)32-31(30-17-25(15-16-35)37-42-30)33(43-38-32)27-18-26(22(2)3)28(40-20-23-11-7-5-8-12-23)19-29(27)41-21-24-13-9-6-10-14-24/h5-14,17-19,22H,4,15,20-21H2,1-3H3,(H,36,39). The fourth-order valence-electron chi connectivity index (χ4n) is 4.62. The highest BCUT2D eigenvalue weighted by atomic mass is 16.5. The van der Waals surface area contributed by atoms with Crippen LogP contribution < -0.4 is 14.8 Å². The third kappa shape index (κ3) is 6.76. The van der Waals surface area contributed by atoms with Crippen LogP contribution in [0.2, 0.25) is 0 Å². The van der Waals surface area contributed by atoms with Gasteiger partial charge in [0.1, 0.15) is 30.3 Å². The van der Waals surface area contributed by atoms with Crippen LogP contribution in [0.1, 0.15) is 59.6 Å². The molecule has 0 bridgehead atoms. The molecule has 9 heteroatoms. The van der Waals surface area contributed by atoms with Crippen molar-refractivity contribution in [3.8, 4) is 40.2 Å². The van der Waals surface area contributed by atoms with E-state index in [1.807, 2.05) is 79.7 Å². The number of rotatable bonds is 12. The third-order valence-corrected chi connectivity index (χ3v) is 6.76. The summed E-state index contributed by atoms with van der Waals surface area (Å²) in [6.45, 7) is 7.03. The van der Waals surface area contributed by atoms with E-state index in [0.29, 0.717) is 41.5 Å². The summed E-state index contributed by atoms with van der Waals surface area (Å²) in [5, 5.41) is 20.1. The summed E-state index contributed by atoms with van der Waals surface area (Å²) >= 11 is 0. The Morgan fingerprint density at radius 3 is 2.16 bits per heavy atom. The van der Waals surface area contributed by atoms with E-state index in [1.54, 1.807) is 6.07 Å². The number of aromatic nitrogens is 2. The Balaban J connectivity index is 1.65. The molecule has 2 aromatic heterocycles. The maximum absolute atomic E-state index is 13.1. The molecule has 0 spiro atoms. The Kier molecular flexibility index (Phi) is 9.17. The molecule has 0 aliphatic rings. The zero-order valence-electron chi connectivity index (χ0n) is 24.3. The van der Waals surface area contributed by atoms with Gasteiger partial charge in [-0.2, -0.15) is 5.26 Å². The smallest absolute Gasteiger partial charge is 0.274 e.